The van der Waals surface area contributed by atoms with Gasteiger partial charge in [-0.3, -0.25) is 26.0 Å². The monoisotopic (exact) mass is 1410 g/mol. The van der Waals surface area contributed by atoms with Gasteiger partial charge in [-0.2, -0.15) is 0 Å². The minimum absolute atomic E-state index is 0.315. The van der Waals surface area contributed by atoms with Crippen LogP contribution in [0.15, 0.2) is 268 Å². The van der Waals surface area contributed by atoms with Crippen molar-refractivity contribution in [1.82, 2.24) is 26.0 Å². The van der Waals surface area contributed by atoms with Gasteiger partial charge >= 0.3 is 16.9 Å². The van der Waals surface area contributed by atoms with Crippen LogP contribution in [0, 0.1) is 0 Å². The highest BCUT2D eigenvalue weighted by Crippen LogP contribution is 2.57. The molecule has 4 aliphatic carbocycles. The van der Waals surface area contributed by atoms with Gasteiger partial charge in [0.05, 0.1) is 33.1 Å². The number of rotatable bonds is 12. The molecule has 6 aromatic heterocycles. The third kappa shape index (κ3) is 11.8. The van der Waals surface area contributed by atoms with Crippen molar-refractivity contribution in [2.45, 2.75) is 103 Å². The van der Waals surface area contributed by atoms with E-state index in [0.717, 1.165) is 109 Å². The molecule has 0 radical (unpaired) electrons. The van der Waals surface area contributed by atoms with Crippen LogP contribution in [-0.4, -0.2) is 36.2 Å². The zero-order chi connectivity index (χ0) is 68.2. The summed E-state index contributed by atoms with van der Waals surface area (Å²) in [4.78, 5) is 0. The summed E-state index contributed by atoms with van der Waals surface area (Å²) in [6.07, 6.45) is 30.8. The minimum Gasteiger partial charge on any atom is -0.507 e. The standard InChI is InChI=1S/C52H44N4O2P2.C20H22O2.C16H12ClN2P/c1-7-19-43-37(13-1)25-27-49(57-59(53-33-29-39-15-3-9-21-45(39)53)54-34-30-40-16-4-10-22-46(40)54)51(43)52-44-20-8-2-14-38(44)26-28-50(52)58-60(55-35-31-41-17-5-11-23-47(41)55)56-36-32-42-18-6-12-24-48(42)56;21-17-11-9-13-5-1-3-7-15(13)19(17)20-16-8-4-2-6-14(16)10-12-18(20)22;17-20(18-11-9-13-5-1-3-7-15(13)18)19-12-10-14-6-2-4-8-16(14)19/h3-6,9-12,15-18,21-36H,1-2,7-8,13-14,19-20H2;9-12,21-22H,1-8H2;1-12H. The van der Waals surface area contributed by atoms with E-state index < -0.39 is 24.5 Å². The van der Waals surface area contributed by atoms with Crippen LogP contribution in [0.3, 0.4) is 0 Å². The first kappa shape index (κ1) is 64.3. The summed E-state index contributed by atoms with van der Waals surface area (Å²) in [5, 5.41) is 28.3. The van der Waals surface area contributed by atoms with Crippen LogP contribution in [0.2, 0.25) is 0 Å². The number of aromatic hydroxyl groups is 2. The van der Waals surface area contributed by atoms with Gasteiger partial charge in [-0.15, -0.1) is 0 Å². The van der Waals surface area contributed by atoms with Crippen molar-refractivity contribution in [3.05, 3.63) is 312 Å². The van der Waals surface area contributed by atoms with E-state index in [0.29, 0.717) is 11.5 Å². The highest BCUT2D eigenvalue weighted by Gasteiger charge is 2.33. The molecular formula is C88H78ClN6O4P3. The quantitative estimate of drug-likeness (QED) is 0.119. The van der Waals surface area contributed by atoms with Crippen molar-refractivity contribution in [2.24, 2.45) is 0 Å². The number of para-hydroxylation sites is 6. The molecule has 0 atom stereocenters. The van der Waals surface area contributed by atoms with Crippen LogP contribution in [0.4, 0.5) is 0 Å². The van der Waals surface area contributed by atoms with Gasteiger partial charge in [0.25, 0.3) is 0 Å². The Morgan fingerprint density at radius 1 is 0.255 bits per heavy atom. The topological polar surface area (TPSA) is 88.5 Å². The lowest BCUT2D eigenvalue weighted by atomic mass is 9.80. The van der Waals surface area contributed by atoms with E-state index in [-0.39, 0.29) is 0 Å². The first-order valence-corrected chi connectivity index (χ1v) is 40.6. The second kappa shape index (κ2) is 27.9. The summed E-state index contributed by atoms with van der Waals surface area (Å²) in [6.45, 7) is 0. The Hall–Kier alpha value is -9.78. The van der Waals surface area contributed by atoms with Gasteiger partial charge in [0.2, 0.25) is 7.58 Å². The molecule has 0 bridgehead atoms. The van der Waals surface area contributed by atoms with E-state index in [1.54, 1.807) is 12.1 Å². The third-order valence-corrected chi connectivity index (χ3v) is 27.4. The summed E-state index contributed by atoms with van der Waals surface area (Å²) >= 11 is 6.76. The Kier molecular flexibility index (Phi) is 17.6. The van der Waals surface area contributed by atoms with Crippen molar-refractivity contribution >= 4 is 101 Å². The second-order valence-corrected chi connectivity index (χ2v) is 32.8. The SMILES string of the molecule is ClP(n1ccc2ccccc21)n1ccc2ccccc21.Oc1ccc2c(c1-c1c(O)ccc3c1CCCC3)CCCC2.c1ccc2c(c1)ccn2P(Oc1ccc2c(c1-c1c(OP(n3ccc4ccccc43)n3ccc4ccccc43)ccc3c1CCCC3)CCCC2)n1ccc2ccccc21. The van der Waals surface area contributed by atoms with E-state index >= 15 is 0 Å². The molecule has 0 saturated carbocycles. The number of fused-ring (bicyclic) bond motifs is 10. The van der Waals surface area contributed by atoms with Crippen LogP contribution in [0.25, 0.3) is 87.7 Å². The number of phenols is 2. The molecule has 10 nitrogen and oxygen atoms in total. The Morgan fingerprint density at radius 2 is 0.490 bits per heavy atom. The van der Waals surface area contributed by atoms with Crippen molar-refractivity contribution in [2.75, 3.05) is 0 Å². The number of hydrogen-bond acceptors (Lipinski definition) is 4. The molecule has 506 valence electrons. The second-order valence-electron chi connectivity index (χ2n) is 27.4. The molecule has 6 heterocycles. The maximum Gasteiger partial charge on any atom is 0.318 e. The zero-order valence-corrected chi connectivity index (χ0v) is 60.3. The van der Waals surface area contributed by atoms with Gasteiger partial charge in [0, 0.05) is 81.0 Å². The smallest absolute Gasteiger partial charge is 0.318 e. The summed E-state index contributed by atoms with van der Waals surface area (Å²) in [5.41, 5.74) is 22.1. The van der Waals surface area contributed by atoms with E-state index in [1.807, 2.05) is 24.3 Å². The lowest BCUT2D eigenvalue weighted by Gasteiger charge is -2.31. The normalized spacial score (nSPS) is 14.2. The number of benzene rings is 10. The molecule has 10 aromatic carbocycles. The van der Waals surface area contributed by atoms with Gasteiger partial charge in [0.1, 0.15) is 23.0 Å². The average molecular weight is 1410 g/mol. The van der Waals surface area contributed by atoms with Gasteiger partial charge in [-0.1, -0.05) is 133 Å². The Bertz CT molecular complexity index is 5320. The van der Waals surface area contributed by atoms with Crippen LogP contribution in [0.5, 0.6) is 23.0 Å². The van der Waals surface area contributed by atoms with Crippen molar-refractivity contribution < 1.29 is 19.3 Å². The lowest BCUT2D eigenvalue weighted by Crippen LogP contribution is -2.13. The Labute approximate surface area is 602 Å². The van der Waals surface area contributed by atoms with Crippen molar-refractivity contribution in [3.8, 4) is 45.3 Å². The fourth-order valence-corrected chi connectivity index (χ4v) is 22.1. The Morgan fingerprint density at radius 3 is 0.784 bits per heavy atom. The maximum atomic E-state index is 10.5. The molecule has 0 unspecified atom stereocenters. The number of aromatic nitrogens is 6. The van der Waals surface area contributed by atoms with E-state index in [9.17, 15) is 10.2 Å². The molecule has 0 amide bonds. The average Bonchev–Trinajstić information content (AvgIpc) is 1.16. The molecule has 2 N–H and O–H groups in total. The predicted octanol–water partition coefficient (Wildman–Crippen LogP) is 24.3. The highest BCUT2D eigenvalue weighted by atomic mass is 35.7. The fraction of sp³-hybridized carbons (Fsp3) is 0.182. The number of hydrogen-bond donors (Lipinski definition) is 2. The van der Waals surface area contributed by atoms with E-state index in [2.05, 4.69) is 257 Å². The van der Waals surface area contributed by atoms with Crippen LogP contribution >= 0.6 is 35.7 Å². The molecule has 16 aromatic rings. The summed E-state index contributed by atoms with van der Waals surface area (Å²) in [7, 11) is -3.83. The van der Waals surface area contributed by atoms with Crippen molar-refractivity contribution in [3.63, 3.8) is 0 Å². The Balaban J connectivity index is 0.000000143. The molecule has 4 aliphatic rings. The summed E-state index contributed by atoms with van der Waals surface area (Å²) < 4.78 is 29.1. The first-order valence-electron chi connectivity index (χ1n) is 36.1. The van der Waals surface area contributed by atoms with E-state index in [1.165, 1.54) is 138 Å². The third-order valence-electron chi connectivity index (χ3n) is 21.4. The predicted molar refractivity (Wildman–Crippen MR) is 426 cm³/mol. The largest absolute Gasteiger partial charge is 0.507 e. The highest BCUT2D eigenvalue weighted by molar-refractivity contribution is 7.81. The van der Waals surface area contributed by atoms with Crippen LogP contribution in [0.1, 0.15) is 95.9 Å². The van der Waals surface area contributed by atoms with Crippen LogP contribution in [-0.2, 0) is 51.4 Å². The number of phenolic OH excluding ortho intramolecular Hbond substituents is 2. The lowest BCUT2D eigenvalue weighted by molar-refractivity contribution is 0.466. The van der Waals surface area contributed by atoms with E-state index in [4.69, 9.17) is 20.3 Å². The molecule has 14 heteroatoms. The molecular weight excluding hydrogens is 1330 g/mol. The van der Waals surface area contributed by atoms with Gasteiger partial charge < -0.3 is 19.3 Å². The molecule has 0 spiro atoms. The van der Waals surface area contributed by atoms with Crippen LogP contribution < -0.4 is 9.05 Å². The number of halogens is 1. The summed E-state index contributed by atoms with van der Waals surface area (Å²) in [5.74, 6) is 2.47. The zero-order valence-electron chi connectivity index (χ0n) is 56.8. The molecule has 102 heavy (non-hydrogen) atoms. The van der Waals surface area contributed by atoms with Gasteiger partial charge in [-0.25, -0.2) is 0 Å². The van der Waals surface area contributed by atoms with Crippen molar-refractivity contribution in [1.29, 1.82) is 0 Å². The molecule has 0 aliphatic heterocycles. The first-order chi connectivity index (χ1) is 50.4. The minimum atomic E-state index is -1.42. The fourth-order valence-electron chi connectivity index (χ4n) is 16.5. The number of nitrogens with zero attached hydrogens (tertiary/aromatic N) is 6. The molecule has 0 saturated heterocycles. The number of aryl methyl sites for hydroxylation is 4. The molecule has 20 rings (SSSR count). The summed E-state index contributed by atoms with van der Waals surface area (Å²) in [6, 6.07) is 81.3. The van der Waals surface area contributed by atoms with Gasteiger partial charge in [-0.05, 0) is 266 Å². The molecule has 0 fully saturated rings. The maximum absolute atomic E-state index is 10.5. The van der Waals surface area contributed by atoms with Gasteiger partial charge in [0.15, 0.2) is 0 Å².